The predicted octanol–water partition coefficient (Wildman–Crippen LogP) is 4.71. The van der Waals surface area contributed by atoms with E-state index in [0.717, 1.165) is 22.0 Å². The molecule has 0 bridgehead atoms. The number of methoxy groups -OCH3 is 1. The Labute approximate surface area is 333 Å². The van der Waals surface area contributed by atoms with Crippen molar-refractivity contribution in [3.8, 4) is 5.75 Å². The second kappa shape index (κ2) is 16.2. The molecule has 3 heterocycles. The van der Waals surface area contributed by atoms with Crippen LogP contribution in [0, 0.1) is 16.0 Å². The van der Waals surface area contributed by atoms with E-state index in [1.54, 1.807) is 27.9 Å². The molecule has 4 aromatic rings. The second-order valence-electron chi connectivity index (χ2n) is 15.6. The van der Waals surface area contributed by atoms with Gasteiger partial charge in [-0.3, -0.25) is 24.5 Å². The maximum Gasteiger partial charge on any atom is 0.269 e. The lowest BCUT2D eigenvalue weighted by Gasteiger charge is -2.37. The van der Waals surface area contributed by atoms with Crippen molar-refractivity contribution in [1.82, 2.24) is 10.2 Å². The van der Waals surface area contributed by atoms with Crippen LogP contribution in [0.15, 0.2) is 97.1 Å². The summed E-state index contributed by atoms with van der Waals surface area (Å²) >= 11 is 0. The fourth-order valence-corrected chi connectivity index (χ4v) is 13.1. The third-order valence-electron chi connectivity index (χ3n) is 12.0. The highest BCUT2D eigenvalue weighted by atomic mass is 28.3. The Morgan fingerprint density at radius 1 is 1.04 bits per heavy atom. The largest absolute Gasteiger partial charge is 0.497 e. The van der Waals surface area contributed by atoms with Gasteiger partial charge >= 0.3 is 0 Å². The minimum Gasteiger partial charge on any atom is -0.497 e. The van der Waals surface area contributed by atoms with Crippen LogP contribution in [0.1, 0.15) is 30.0 Å². The fraction of sp³-hybridized carbons (Fsp3) is 0.372. The van der Waals surface area contributed by atoms with Gasteiger partial charge in [-0.15, -0.1) is 0 Å². The maximum absolute atomic E-state index is 15.3. The summed E-state index contributed by atoms with van der Waals surface area (Å²) < 4.78 is 12.6. The van der Waals surface area contributed by atoms with Crippen molar-refractivity contribution in [1.29, 1.82) is 0 Å². The van der Waals surface area contributed by atoms with Crippen LogP contribution in [0.2, 0.25) is 18.6 Å². The van der Waals surface area contributed by atoms with Gasteiger partial charge in [-0.2, -0.15) is 0 Å². The quantitative estimate of drug-likeness (QED) is 0.111. The lowest BCUT2D eigenvalue weighted by Crippen LogP contribution is -2.52. The number of nitrogens with one attached hydrogen (secondary N) is 1. The van der Waals surface area contributed by atoms with Crippen LogP contribution in [0.5, 0.6) is 5.75 Å². The Balaban J connectivity index is 1.28. The monoisotopic (exact) mass is 791 g/mol. The zero-order chi connectivity index (χ0) is 40.5. The summed E-state index contributed by atoms with van der Waals surface area (Å²) in [7, 11) is -1.04. The summed E-state index contributed by atoms with van der Waals surface area (Å²) in [5.41, 5.74) is 1.32. The minimum atomic E-state index is -2.65. The molecule has 4 atom stereocenters. The summed E-state index contributed by atoms with van der Waals surface area (Å²) in [5.74, 6) is -0.381. The van der Waals surface area contributed by atoms with E-state index in [4.69, 9.17) is 9.47 Å². The summed E-state index contributed by atoms with van der Waals surface area (Å²) in [4.78, 5) is 59.0. The van der Waals surface area contributed by atoms with Gasteiger partial charge in [0.25, 0.3) is 11.6 Å². The van der Waals surface area contributed by atoms with E-state index in [0.29, 0.717) is 36.6 Å². The number of amides is 3. The van der Waals surface area contributed by atoms with Crippen LogP contribution >= 0.6 is 0 Å². The molecule has 3 aliphatic heterocycles. The summed E-state index contributed by atoms with van der Waals surface area (Å²) in [6.45, 7) is 8.26. The topological polar surface area (TPSA) is 155 Å². The summed E-state index contributed by atoms with van der Waals surface area (Å²) in [5, 5.41) is 26.4. The Bertz CT molecular complexity index is 2130. The zero-order valence-electron chi connectivity index (χ0n) is 32.7. The van der Waals surface area contributed by atoms with Crippen molar-refractivity contribution < 1.29 is 33.9 Å². The van der Waals surface area contributed by atoms with Crippen LogP contribution in [-0.2, 0) is 37.8 Å². The number of anilines is 2. The SMILES string of the molecule is COc1ccc([Si](C)(C)[C@@H]2[C@@H](CC(=O)N(CCO)Cc3ccccc3)O[C@]3(C(=O)N(Cc4ccc(N5CCNCC5=O)cc4)c4ccc([N+](=O)[O-])cc43)[C@H]2C)cc1. The van der Waals surface area contributed by atoms with Crippen LogP contribution in [0.4, 0.5) is 17.1 Å². The van der Waals surface area contributed by atoms with Crippen LogP contribution in [-0.4, -0.2) is 86.7 Å². The number of nitro groups is 1. The number of aliphatic hydroxyl groups excluding tert-OH is 1. The van der Waals surface area contributed by atoms with Gasteiger partial charge in [-0.25, -0.2) is 0 Å². The number of ether oxygens (including phenoxy) is 2. The van der Waals surface area contributed by atoms with Crippen molar-refractivity contribution in [2.75, 3.05) is 49.7 Å². The number of hydrogen-bond donors (Lipinski definition) is 2. The molecule has 0 saturated carbocycles. The van der Waals surface area contributed by atoms with Gasteiger partial charge < -0.3 is 34.6 Å². The number of hydrogen-bond acceptors (Lipinski definition) is 9. The molecule has 0 aliphatic carbocycles. The van der Waals surface area contributed by atoms with Gasteiger partial charge in [0.05, 0.1) is 58.0 Å². The van der Waals surface area contributed by atoms with E-state index in [-0.39, 0.29) is 61.6 Å². The van der Waals surface area contributed by atoms with E-state index >= 15 is 4.79 Å². The number of non-ortho nitro benzene ring substituents is 1. The van der Waals surface area contributed by atoms with Crippen molar-refractivity contribution in [3.05, 3.63) is 124 Å². The highest BCUT2D eigenvalue weighted by Crippen LogP contribution is 2.60. The molecular weight excluding hydrogens is 743 g/mol. The Hall–Kier alpha value is -5.41. The van der Waals surface area contributed by atoms with E-state index in [1.807, 2.05) is 85.8 Å². The summed E-state index contributed by atoms with van der Waals surface area (Å²) in [6, 6.07) is 29.4. The Kier molecular flexibility index (Phi) is 11.3. The molecule has 0 unspecified atom stereocenters. The first-order chi connectivity index (χ1) is 27.4. The number of nitro benzene ring substituents is 1. The first kappa shape index (κ1) is 39.8. The van der Waals surface area contributed by atoms with Gasteiger partial charge in [-0.1, -0.05) is 79.8 Å². The number of carbonyl (C=O) groups excluding carboxylic acids is 3. The zero-order valence-corrected chi connectivity index (χ0v) is 33.7. The van der Waals surface area contributed by atoms with Crippen LogP contribution < -0.4 is 25.0 Å². The molecule has 13 nitrogen and oxygen atoms in total. The van der Waals surface area contributed by atoms with Crippen molar-refractivity contribution in [2.24, 2.45) is 5.92 Å². The van der Waals surface area contributed by atoms with Gasteiger partial charge in [0.2, 0.25) is 11.8 Å². The standard InChI is InChI=1S/C43H49N5O8Si/c1-29-41(57(3,4)35-17-15-34(55-2)16-18-35)38(25-39(50)45(22-23-49)27-30-8-6-5-7-9-30)56-43(29)36-24-33(48(53)54)14-19-37(36)47(42(43)52)28-31-10-12-32(13-11-31)46-21-20-44-26-40(46)51/h5-19,24,29,38,41,44,49H,20-23,25-28H2,1-4H3/t29-,38+,41-,43+/m0/s1. The molecule has 298 valence electrons. The van der Waals surface area contributed by atoms with Crippen molar-refractivity contribution in [3.63, 3.8) is 0 Å². The van der Waals surface area contributed by atoms with Crippen molar-refractivity contribution in [2.45, 2.75) is 56.8 Å². The van der Waals surface area contributed by atoms with Crippen molar-refractivity contribution >= 4 is 48.0 Å². The molecule has 0 radical (unpaired) electrons. The van der Waals surface area contributed by atoms with Crippen LogP contribution in [0.3, 0.4) is 0 Å². The normalized spacial score (nSPS) is 21.9. The number of rotatable bonds is 13. The molecule has 2 N–H and O–H groups in total. The number of benzene rings is 4. The lowest BCUT2D eigenvalue weighted by atomic mass is 9.82. The van der Waals surface area contributed by atoms with E-state index in [1.165, 1.54) is 12.1 Å². The number of carbonyl (C=O) groups is 3. The molecule has 2 fully saturated rings. The Morgan fingerprint density at radius 2 is 1.75 bits per heavy atom. The second-order valence-corrected chi connectivity index (χ2v) is 20.3. The molecule has 3 aliphatic rings. The van der Waals surface area contributed by atoms with Gasteiger partial charge in [-0.05, 0) is 47.0 Å². The number of piperazine rings is 1. The first-order valence-corrected chi connectivity index (χ1v) is 22.4. The number of fused-ring (bicyclic) bond motifs is 2. The average molecular weight is 792 g/mol. The predicted molar refractivity (Wildman–Crippen MR) is 219 cm³/mol. The molecule has 3 amide bonds. The van der Waals surface area contributed by atoms with E-state index in [2.05, 4.69) is 18.4 Å². The van der Waals surface area contributed by atoms with Crippen LogP contribution in [0.25, 0.3) is 0 Å². The van der Waals surface area contributed by atoms with Gasteiger partial charge in [0.1, 0.15) is 5.75 Å². The number of aliphatic hydroxyl groups is 1. The Morgan fingerprint density at radius 3 is 2.40 bits per heavy atom. The highest BCUT2D eigenvalue weighted by Gasteiger charge is 2.66. The van der Waals surface area contributed by atoms with E-state index < -0.39 is 30.6 Å². The molecule has 0 aromatic heterocycles. The smallest absolute Gasteiger partial charge is 0.269 e. The van der Waals surface area contributed by atoms with Gasteiger partial charge in [0.15, 0.2) is 5.60 Å². The molecule has 57 heavy (non-hydrogen) atoms. The molecule has 2 saturated heterocycles. The fourth-order valence-electron chi connectivity index (χ4n) is 9.13. The molecule has 1 spiro atoms. The number of nitrogens with zero attached hydrogens (tertiary/aromatic N) is 4. The third kappa shape index (κ3) is 7.45. The van der Waals surface area contributed by atoms with E-state index in [9.17, 15) is 24.8 Å². The lowest BCUT2D eigenvalue weighted by molar-refractivity contribution is -0.385. The van der Waals surface area contributed by atoms with Gasteiger partial charge in [0, 0.05) is 55.5 Å². The first-order valence-electron chi connectivity index (χ1n) is 19.3. The average Bonchev–Trinajstić information content (AvgIpc) is 3.64. The highest BCUT2D eigenvalue weighted by molar-refractivity contribution is 6.91. The minimum absolute atomic E-state index is 0.0168. The summed E-state index contributed by atoms with van der Waals surface area (Å²) in [6.07, 6.45) is -0.792. The third-order valence-corrected chi connectivity index (χ3v) is 16.4. The molecular formula is C43H49N5O8Si. The maximum atomic E-state index is 15.3. The molecule has 4 aromatic carbocycles. The molecule has 7 rings (SSSR count). The molecule has 14 heteroatoms.